The number of aliphatic hydroxyl groups excluding tert-OH is 2. The molecule has 2 aliphatic carbocycles. The molecule has 0 bridgehead atoms. The van der Waals surface area contributed by atoms with E-state index in [9.17, 15) is 15.1 Å². The lowest BCUT2D eigenvalue weighted by atomic mass is 9.91. The van der Waals surface area contributed by atoms with Crippen molar-refractivity contribution in [1.29, 1.82) is 0 Å². The molecule has 0 amide bonds. The highest BCUT2D eigenvalue weighted by molar-refractivity contribution is 5.93. The number of hydrogen-bond acceptors (Lipinski definition) is 7. The molecular formula is C20H20N4O4. The van der Waals surface area contributed by atoms with E-state index in [2.05, 4.69) is 15.4 Å². The first-order chi connectivity index (χ1) is 13.5. The number of hydrogen-bond donors (Lipinski definition) is 3. The van der Waals surface area contributed by atoms with Crippen molar-refractivity contribution in [2.24, 2.45) is 5.18 Å². The summed E-state index contributed by atoms with van der Waals surface area (Å²) in [4.78, 5) is 15.9. The molecule has 2 unspecified atom stereocenters. The van der Waals surface area contributed by atoms with Crippen LogP contribution in [0.25, 0.3) is 23.2 Å². The fraction of sp³-hybridized carbons (Fsp3) is 0.300. The van der Waals surface area contributed by atoms with Gasteiger partial charge in [-0.05, 0) is 54.8 Å². The van der Waals surface area contributed by atoms with E-state index in [-0.39, 0.29) is 17.4 Å². The van der Waals surface area contributed by atoms with Crippen LogP contribution in [0.2, 0.25) is 0 Å². The molecular weight excluding hydrogens is 360 g/mol. The molecule has 0 aliphatic heterocycles. The number of aromatic nitrogens is 3. The number of aromatic amines is 1. The Morgan fingerprint density at radius 2 is 2.18 bits per heavy atom. The minimum absolute atomic E-state index is 0.00196. The van der Waals surface area contributed by atoms with Gasteiger partial charge >= 0.3 is 0 Å². The zero-order valence-corrected chi connectivity index (χ0v) is 15.5. The number of fused-ring (bicyclic) bond motifs is 3. The van der Waals surface area contributed by atoms with Crippen LogP contribution in [0.5, 0.6) is 0 Å². The van der Waals surface area contributed by atoms with Gasteiger partial charge in [0.05, 0.1) is 12.8 Å². The molecule has 0 saturated heterocycles. The smallest absolute Gasteiger partial charge is 0.182 e. The Labute approximate surface area is 160 Å². The second-order valence-electron chi connectivity index (χ2n) is 6.84. The van der Waals surface area contributed by atoms with Crippen LogP contribution < -0.4 is 0 Å². The summed E-state index contributed by atoms with van der Waals surface area (Å²) in [5, 5.41) is 31.4. The summed E-state index contributed by atoms with van der Waals surface area (Å²) in [6.45, 7) is 1.91. The van der Waals surface area contributed by atoms with Gasteiger partial charge in [-0.3, -0.25) is 5.10 Å². The Hall–Kier alpha value is -3.26. The second-order valence-corrected chi connectivity index (χ2v) is 6.84. The van der Waals surface area contributed by atoms with E-state index in [4.69, 9.17) is 9.72 Å². The van der Waals surface area contributed by atoms with Crippen LogP contribution in [0.3, 0.4) is 0 Å². The van der Waals surface area contributed by atoms with Gasteiger partial charge in [0.1, 0.15) is 23.3 Å². The summed E-state index contributed by atoms with van der Waals surface area (Å²) in [6.07, 6.45) is 8.82. The van der Waals surface area contributed by atoms with Crippen molar-refractivity contribution in [2.45, 2.75) is 31.8 Å². The lowest BCUT2D eigenvalue weighted by Gasteiger charge is -2.16. The van der Waals surface area contributed by atoms with Gasteiger partial charge < -0.3 is 14.9 Å². The van der Waals surface area contributed by atoms with Crippen LogP contribution >= 0.6 is 0 Å². The molecule has 0 fully saturated rings. The maximum absolute atomic E-state index is 11.2. The highest BCUT2D eigenvalue weighted by Gasteiger charge is 2.26. The number of nitroso groups, excluding NO2 is 1. The van der Waals surface area contributed by atoms with E-state index in [1.54, 1.807) is 24.3 Å². The lowest BCUT2D eigenvalue weighted by molar-refractivity contribution is 0.164. The molecule has 28 heavy (non-hydrogen) atoms. The highest BCUT2D eigenvalue weighted by Crippen LogP contribution is 2.37. The number of methoxy groups -OCH3 is 1. The van der Waals surface area contributed by atoms with Crippen LogP contribution in [-0.4, -0.2) is 38.6 Å². The van der Waals surface area contributed by atoms with E-state index in [0.717, 1.165) is 22.2 Å². The number of aliphatic hydroxyl groups is 2. The molecule has 0 radical (unpaired) electrons. The number of ether oxygens (including phenoxy) is 1. The van der Waals surface area contributed by atoms with E-state index in [1.807, 2.05) is 13.0 Å². The zero-order chi connectivity index (χ0) is 19.8. The van der Waals surface area contributed by atoms with Crippen molar-refractivity contribution in [2.75, 3.05) is 7.11 Å². The molecule has 2 atom stereocenters. The van der Waals surface area contributed by atoms with Gasteiger partial charge in [0.2, 0.25) is 0 Å². The fourth-order valence-corrected chi connectivity index (χ4v) is 3.72. The maximum Gasteiger partial charge on any atom is 0.182 e. The largest absolute Gasteiger partial charge is 0.506 e. The standard InChI is InChI=1S/C20H20N4O4/c1-10-18-13-9-17(28-2)16(26)7-6-12(13)19(21-20(18)23-22-10)11-4-3-5-15(25)14(8-11)24-27/h5-9,11,16,25-26H,3-4H2,1-2H3,(H,21,22,23). The summed E-state index contributed by atoms with van der Waals surface area (Å²) < 4.78 is 5.36. The molecule has 2 aliphatic rings. The van der Waals surface area contributed by atoms with Crippen LogP contribution in [0, 0.1) is 11.8 Å². The molecule has 2 aromatic rings. The fourth-order valence-electron chi connectivity index (χ4n) is 3.72. The summed E-state index contributed by atoms with van der Waals surface area (Å²) in [6, 6.07) is 0. The molecule has 8 heteroatoms. The highest BCUT2D eigenvalue weighted by atomic mass is 16.5. The topological polar surface area (TPSA) is 121 Å². The van der Waals surface area contributed by atoms with Crippen molar-refractivity contribution in [3.05, 3.63) is 62.9 Å². The molecule has 4 rings (SSSR count). The van der Waals surface area contributed by atoms with Gasteiger partial charge in [0, 0.05) is 22.6 Å². The first-order valence-electron chi connectivity index (χ1n) is 8.98. The normalized spacial score (nSPS) is 21.9. The number of aryl methyl sites for hydroxylation is 1. The van der Waals surface area contributed by atoms with E-state index in [1.165, 1.54) is 7.11 Å². The van der Waals surface area contributed by atoms with Crippen LogP contribution in [0.4, 0.5) is 0 Å². The zero-order valence-electron chi connectivity index (χ0n) is 15.5. The van der Waals surface area contributed by atoms with E-state index in [0.29, 0.717) is 29.9 Å². The van der Waals surface area contributed by atoms with Crippen molar-refractivity contribution in [3.63, 3.8) is 0 Å². The third-order valence-electron chi connectivity index (χ3n) is 5.14. The molecule has 2 heterocycles. The van der Waals surface area contributed by atoms with Gasteiger partial charge in [-0.25, -0.2) is 4.98 Å². The first kappa shape index (κ1) is 18.1. The van der Waals surface area contributed by atoms with Crippen molar-refractivity contribution in [1.82, 2.24) is 15.2 Å². The van der Waals surface area contributed by atoms with Crippen molar-refractivity contribution in [3.8, 4) is 0 Å². The van der Waals surface area contributed by atoms with Crippen LogP contribution in [0.15, 0.2) is 40.6 Å². The number of H-pyrrole nitrogens is 1. The summed E-state index contributed by atoms with van der Waals surface area (Å²) in [5.74, 6) is 0.0517. The predicted molar refractivity (Wildman–Crippen MR) is 105 cm³/mol. The predicted octanol–water partition coefficient (Wildman–Crippen LogP) is 3.61. The number of allylic oxidation sites excluding steroid dienone is 2. The summed E-state index contributed by atoms with van der Waals surface area (Å²) >= 11 is 0. The van der Waals surface area contributed by atoms with Crippen LogP contribution in [-0.2, 0) is 4.74 Å². The van der Waals surface area contributed by atoms with Gasteiger partial charge in [-0.1, -0.05) is 6.08 Å². The maximum atomic E-state index is 11.2. The Bertz CT molecular complexity index is 1080. The van der Waals surface area contributed by atoms with Gasteiger partial charge in [0.15, 0.2) is 5.65 Å². The third-order valence-corrected chi connectivity index (χ3v) is 5.14. The molecule has 144 valence electrons. The number of pyridine rings is 1. The molecule has 0 spiro atoms. The first-order valence-corrected chi connectivity index (χ1v) is 8.98. The minimum atomic E-state index is -0.880. The average molecular weight is 380 g/mol. The SMILES string of the molecule is COC1=Cc2c(c(C3C=C(N=O)C(O)=CCC3)nc3n[nH]c(C)c23)C=CC1O. The average Bonchev–Trinajstić information content (AvgIpc) is 2.86. The van der Waals surface area contributed by atoms with Gasteiger partial charge in [-0.2, -0.15) is 5.10 Å². The number of rotatable bonds is 3. The van der Waals surface area contributed by atoms with Crippen molar-refractivity contribution >= 4 is 23.2 Å². The third kappa shape index (κ3) is 2.91. The minimum Gasteiger partial charge on any atom is -0.506 e. The van der Waals surface area contributed by atoms with Gasteiger partial charge in [-0.15, -0.1) is 4.91 Å². The molecule has 0 saturated carbocycles. The van der Waals surface area contributed by atoms with E-state index >= 15 is 0 Å². The quantitative estimate of drug-likeness (QED) is 0.700. The van der Waals surface area contributed by atoms with E-state index < -0.39 is 6.10 Å². The van der Waals surface area contributed by atoms with Crippen molar-refractivity contribution < 1.29 is 14.9 Å². The molecule has 0 aromatic carbocycles. The summed E-state index contributed by atoms with van der Waals surface area (Å²) in [7, 11) is 1.51. The Morgan fingerprint density at radius 3 is 2.93 bits per heavy atom. The Balaban J connectivity index is 1.99. The number of nitrogens with zero attached hydrogens (tertiary/aromatic N) is 3. The lowest BCUT2D eigenvalue weighted by Crippen LogP contribution is -2.07. The monoisotopic (exact) mass is 380 g/mol. The molecule has 8 nitrogen and oxygen atoms in total. The van der Waals surface area contributed by atoms with Crippen LogP contribution in [0.1, 0.15) is 41.3 Å². The second kappa shape index (κ2) is 7.05. The molecule has 2 aromatic heterocycles. The van der Waals surface area contributed by atoms with Gasteiger partial charge in [0.25, 0.3) is 0 Å². The molecule has 3 N–H and O–H groups in total. The number of nitrogens with one attached hydrogen (secondary N) is 1. The Morgan fingerprint density at radius 1 is 1.36 bits per heavy atom. The summed E-state index contributed by atoms with van der Waals surface area (Å²) in [5.41, 5.74) is 3.76. The Kier molecular flexibility index (Phi) is 4.56.